The number of benzene rings is 2. The lowest BCUT2D eigenvalue weighted by molar-refractivity contribution is -0.136. The van der Waals surface area contributed by atoms with Crippen LogP contribution in [0, 0.1) is 0 Å². The fourth-order valence-corrected chi connectivity index (χ4v) is 3.14. The number of carbonyl (C=O) groups excluding carboxylic acids is 4. The van der Waals surface area contributed by atoms with E-state index in [1.165, 1.54) is 18.1 Å². The van der Waals surface area contributed by atoms with Crippen molar-refractivity contribution < 1.29 is 29.0 Å². The van der Waals surface area contributed by atoms with Gasteiger partial charge < -0.3 is 25.4 Å². The Balaban J connectivity index is 1.74. The average molecular weight is 453 g/mol. The number of aliphatic hydroxyl groups is 1. The van der Waals surface area contributed by atoms with Gasteiger partial charge in [0.25, 0.3) is 11.8 Å². The van der Waals surface area contributed by atoms with Crippen LogP contribution in [0.4, 0.5) is 16.2 Å². The Morgan fingerprint density at radius 3 is 2.42 bits per heavy atom. The summed E-state index contributed by atoms with van der Waals surface area (Å²) in [6.45, 7) is -0.278. The fraction of sp³-hybridized carbons (Fsp3) is 0.182. The molecule has 4 amide bonds. The van der Waals surface area contributed by atoms with E-state index in [1.54, 1.807) is 48.5 Å². The lowest BCUT2D eigenvalue weighted by Crippen LogP contribution is -2.44. The maximum atomic E-state index is 12.7. The van der Waals surface area contributed by atoms with Crippen molar-refractivity contribution in [2.75, 3.05) is 37.4 Å². The Morgan fingerprint density at radius 1 is 1.03 bits per heavy atom. The maximum Gasteiger partial charge on any atom is 0.337 e. The largest absolute Gasteiger partial charge is 0.466 e. The molecule has 0 aliphatic carbocycles. The summed E-state index contributed by atoms with van der Waals surface area (Å²) in [6.07, 6.45) is 0. The van der Waals surface area contributed by atoms with Gasteiger partial charge >= 0.3 is 12.0 Å². The van der Waals surface area contributed by atoms with E-state index in [9.17, 15) is 24.3 Å². The number of carbonyl (C=O) groups is 4. The van der Waals surface area contributed by atoms with Crippen molar-refractivity contribution in [2.45, 2.75) is 0 Å². The minimum Gasteiger partial charge on any atom is -0.466 e. The number of urea groups is 1. The van der Waals surface area contributed by atoms with E-state index >= 15 is 0 Å². The van der Waals surface area contributed by atoms with Gasteiger partial charge in [0.1, 0.15) is 5.70 Å². The minimum atomic E-state index is -0.701. The monoisotopic (exact) mass is 453 g/mol. The molecule has 0 atom stereocenters. The zero-order chi connectivity index (χ0) is 23.8. The molecule has 172 valence electrons. The quantitative estimate of drug-likeness (QED) is 0.308. The van der Waals surface area contributed by atoms with Crippen molar-refractivity contribution in [3.63, 3.8) is 0 Å². The van der Waals surface area contributed by atoms with Gasteiger partial charge in [-0.05, 0) is 24.3 Å². The van der Waals surface area contributed by atoms with E-state index in [1.807, 2.05) is 0 Å². The van der Waals surface area contributed by atoms with Gasteiger partial charge in [0.05, 0.1) is 37.1 Å². The molecule has 0 fully saturated rings. The van der Waals surface area contributed by atoms with Gasteiger partial charge in [-0.15, -0.1) is 0 Å². The normalized spacial score (nSPS) is 12.9. The standard InChI is InChI=1S/C22H23N5O6/c1-33-21(31)16-13-27(11-12-28)20(30)18(16)24-17-10-6-5-9-15(17)19(29)25-26-22(32)23-14-7-3-2-4-8-14/h2-10,24,28H,11-13H2,1H3,(H,25,29)(H2,23,26,32). The predicted octanol–water partition coefficient (Wildman–Crippen LogP) is 0.827. The molecular weight excluding hydrogens is 430 g/mol. The number of amides is 4. The summed E-state index contributed by atoms with van der Waals surface area (Å²) in [6, 6.07) is 14.3. The van der Waals surface area contributed by atoms with Crippen LogP contribution in [-0.2, 0) is 14.3 Å². The first kappa shape index (κ1) is 23.3. The Morgan fingerprint density at radius 2 is 1.73 bits per heavy atom. The fourth-order valence-electron chi connectivity index (χ4n) is 3.14. The maximum absolute atomic E-state index is 12.7. The zero-order valence-corrected chi connectivity index (χ0v) is 17.8. The number of para-hydroxylation sites is 2. The molecule has 33 heavy (non-hydrogen) atoms. The van der Waals surface area contributed by atoms with E-state index in [0.717, 1.165) is 0 Å². The SMILES string of the molecule is COC(=O)C1=C(Nc2ccccc2C(=O)NNC(=O)Nc2ccccc2)C(=O)N(CCO)C1. The van der Waals surface area contributed by atoms with Crippen molar-refractivity contribution in [3.05, 3.63) is 71.4 Å². The van der Waals surface area contributed by atoms with Gasteiger partial charge in [0, 0.05) is 12.2 Å². The average Bonchev–Trinajstić information content (AvgIpc) is 3.13. The number of hydrogen-bond donors (Lipinski definition) is 5. The summed E-state index contributed by atoms with van der Waals surface area (Å²) in [7, 11) is 1.19. The van der Waals surface area contributed by atoms with Gasteiger partial charge in [-0.1, -0.05) is 30.3 Å². The molecule has 11 nitrogen and oxygen atoms in total. The highest BCUT2D eigenvalue weighted by atomic mass is 16.5. The number of methoxy groups -OCH3 is 1. The zero-order valence-electron chi connectivity index (χ0n) is 17.8. The molecule has 1 aliphatic heterocycles. The highest BCUT2D eigenvalue weighted by Gasteiger charge is 2.34. The number of nitrogens with zero attached hydrogens (tertiary/aromatic N) is 1. The van der Waals surface area contributed by atoms with Crippen LogP contribution in [0.1, 0.15) is 10.4 Å². The van der Waals surface area contributed by atoms with E-state index < -0.39 is 23.8 Å². The van der Waals surface area contributed by atoms with Crippen molar-refractivity contribution in [1.29, 1.82) is 0 Å². The number of aliphatic hydroxyl groups excluding tert-OH is 1. The van der Waals surface area contributed by atoms with Crippen LogP contribution in [0.3, 0.4) is 0 Å². The van der Waals surface area contributed by atoms with Crippen molar-refractivity contribution in [3.8, 4) is 0 Å². The summed E-state index contributed by atoms with van der Waals surface area (Å²) in [4.78, 5) is 50.9. The molecule has 5 N–H and O–H groups in total. The molecule has 0 bridgehead atoms. The summed E-state index contributed by atoms with van der Waals surface area (Å²) in [5, 5.41) is 14.6. The third-order valence-corrected chi connectivity index (χ3v) is 4.71. The van der Waals surface area contributed by atoms with E-state index in [-0.39, 0.29) is 42.2 Å². The van der Waals surface area contributed by atoms with Crippen LogP contribution in [0.25, 0.3) is 0 Å². The highest BCUT2D eigenvalue weighted by Crippen LogP contribution is 2.24. The number of rotatable bonds is 7. The van der Waals surface area contributed by atoms with Gasteiger partial charge in [-0.2, -0.15) is 0 Å². The number of esters is 1. The number of β-amino-alcohol motifs (C(OH)–C–C–N with tert-alkyl or cyclic N) is 1. The minimum absolute atomic E-state index is 0.0348. The molecule has 0 spiro atoms. The molecule has 3 rings (SSSR count). The molecule has 0 saturated heterocycles. The summed E-state index contributed by atoms with van der Waals surface area (Å²) in [5.41, 5.74) is 5.46. The molecule has 0 radical (unpaired) electrons. The summed E-state index contributed by atoms with van der Waals surface area (Å²) >= 11 is 0. The Labute approximate surface area is 189 Å². The topological polar surface area (TPSA) is 149 Å². The molecule has 2 aromatic rings. The van der Waals surface area contributed by atoms with Crippen molar-refractivity contribution >= 4 is 35.2 Å². The smallest absolute Gasteiger partial charge is 0.337 e. The molecular formula is C22H23N5O6. The van der Waals surface area contributed by atoms with Crippen molar-refractivity contribution in [2.24, 2.45) is 0 Å². The molecule has 1 heterocycles. The number of hydrogen-bond acceptors (Lipinski definition) is 7. The third kappa shape index (κ3) is 5.66. The van der Waals surface area contributed by atoms with Crippen molar-refractivity contribution in [1.82, 2.24) is 15.8 Å². The highest BCUT2D eigenvalue weighted by molar-refractivity contribution is 6.10. The molecule has 11 heteroatoms. The molecule has 2 aromatic carbocycles. The molecule has 0 aromatic heterocycles. The van der Waals surface area contributed by atoms with E-state index in [4.69, 9.17) is 4.74 Å². The first-order valence-electron chi connectivity index (χ1n) is 9.94. The second kappa shape index (κ2) is 10.8. The lowest BCUT2D eigenvalue weighted by atomic mass is 10.1. The molecule has 0 saturated carbocycles. The number of nitrogens with one attached hydrogen (secondary N) is 4. The first-order valence-corrected chi connectivity index (χ1v) is 9.94. The Hall–Kier alpha value is -4.38. The molecule has 0 unspecified atom stereocenters. The van der Waals surface area contributed by atoms with E-state index in [2.05, 4.69) is 21.5 Å². The van der Waals surface area contributed by atoms with Crippen LogP contribution in [0.5, 0.6) is 0 Å². The van der Waals surface area contributed by atoms with Gasteiger partial charge in [0.2, 0.25) is 0 Å². The van der Waals surface area contributed by atoms with Crippen LogP contribution >= 0.6 is 0 Å². The summed E-state index contributed by atoms with van der Waals surface area (Å²) < 4.78 is 4.76. The van der Waals surface area contributed by atoms with Crippen LogP contribution in [0.2, 0.25) is 0 Å². The van der Waals surface area contributed by atoms with Gasteiger partial charge in [-0.3, -0.25) is 15.0 Å². The van der Waals surface area contributed by atoms with E-state index in [0.29, 0.717) is 5.69 Å². The second-order valence-corrected chi connectivity index (χ2v) is 6.87. The number of anilines is 2. The van der Waals surface area contributed by atoms with Crippen LogP contribution in [-0.4, -0.2) is 60.6 Å². The predicted molar refractivity (Wildman–Crippen MR) is 119 cm³/mol. The third-order valence-electron chi connectivity index (χ3n) is 4.71. The second-order valence-electron chi connectivity index (χ2n) is 6.87. The number of ether oxygens (including phenoxy) is 1. The van der Waals surface area contributed by atoms with Gasteiger partial charge in [-0.25, -0.2) is 15.0 Å². The Kier molecular flexibility index (Phi) is 7.60. The lowest BCUT2D eigenvalue weighted by Gasteiger charge is -2.16. The molecule has 1 aliphatic rings. The van der Waals surface area contributed by atoms with Gasteiger partial charge in [0.15, 0.2) is 0 Å². The first-order chi connectivity index (χ1) is 15.9. The van der Waals surface area contributed by atoms with Crippen LogP contribution in [0.15, 0.2) is 65.9 Å². The van der Waals surface area contributed by atoms with Crippen LogP contribution < -0.4 is 21.5 Å². The number of hydrazine groups is 1. The Bertz CT molecular complexity index is 1090. The summed E-state index contributed by atoms with van der Waals surface area (Å²) in [5.74, 6) is -1.87.